The maximum Gasteiger partial charge on any atom is 0.172 e. The molecule has 0 fully saturated rings. The van der Waals surface area contributed by atoms with Gasteiger partial charge in [-0.05, 0) is 23.6 Å². The van der Waals surface area contributed by atoms with Gasteiger partial charge < -0.3 is 9.47 Å². The Balaban J connectivity index is 2.17. The molecular formula is C15H13N3O3S. The Hall–Kier alpha value is -2.67. The number of carbonyl (C=O) groups is 1. The van der Waals surface area contributed by atoms with E-state index in [-0.39, 0.29) is 0 Å². The molecule has 0 atom stereocenters. The minimum Gasteiger partial charge on any atom is -0.493 e. The van der Waals surface area contributed by atoms with E-state index in [4.69, 9.17) is 9.47 Å². The molecule has 0 aliphatic carbocycles. The van der Waals surface area contributed by atoms with Crippen molar-refractivity contribution in [2.45, 2.75) is 0 Å². The van der Waals surface area contributed by atoms with Gasteiger partial charge in [-0.25, -0.2) is 4.68 Å². The van der Waals surface area contributed by atoms with Crippen LogP contribution in [0.5, 0.6) is 11.5 Å². The van der Waals surface area contributed by atoms with E-state index < -0.39 is 0 Å². The molecular weight excluding hydrogens is 302 g/mol. The maximum atomic E-state index is 11.2. The summed E-state index contributed by atoms with van der Waals surface area (Å²) >= 11 is 1.52. The maximum absolute atomic E-state index is 11.2. The largest absolute Gasteiger partial charge is 0.493 e. The predicted octanol–water partition coefficient (Wildman–Crippen LogP) is 2.83. The van der Waals surface area contributed by atoms with Crippen molar-refractivity contribution in [3.05, 3.63) is 41.4 Å². The molecule has 6 nitrogen and oxygen atoms in total. The molecule has 0 saturated heterocycles. The van der Waals surface area contributed by atoms with Crippen molar-refractivity contribution in [2.24, 2.45) is 0 Å². The molecule has 0 bridgehead atoms. The number of ether oxygens (including phenoxy) is 2. The van der Waals surface area contributed by atoms with Gasteiger partial charge in [0.1, 0.15) is 5.69 Å². The van der Waals surface area contributed by atoms with Crippen molar-refractivity contribution in [1.29, 1.82) is 0 Å². The Morgan fingerprint density at radius 3 is 2.64 bits per heavy atom. The lowest BCUT2D eigenvalue weighted by atomic mass is 10.2. The van der Waals surface area contributed by atoms with Gasteiger partial charge in [0.2, 0.25) is 0 Å². The summed E-state index contributed by atoms with van der Waals surface area (Å²) in [6.45, 7) is 0. The van der Waals surface area contributed by atoms with E-state index in [1.807, 2.05) is 23.6 Å². The molecule has 0 aliphatic rings. The summed E-state index contributed by atoms with van der Waals surface area (Å²) in [5.74, 6) is 1.21. The smallest absolute Gasteiger partial charge is 0.172 e. The first-order chi connectivity index (χ1) is 10.8. The number of carbonyl (C=O) groups excluding carboxylic acids is 1. The number of rotatable bonds is 5. The van der Waals surface area contributed by atoms with E-state index >= 15 is 0 Å². The summed E-state index contributed by atoms with van der Waals surface area (Å²) in [4.78, 5) is 12.2. The van der Waals surface area contributed by atoms with E-state index in [0.717, 1.165) is 10.6 Å². The standard InChI is InChI=1S/C15H13N3O3S/c1-20-12-6-5-10(8-13(12)21-2)18-15(11(9-19)16-17-18)14-4-3-7-22-14/h3-9H,1-2H3. The molecule has 112 valence electrons. The first kappa shape index (κ1) is 14.3. The molecule has 2 aromatic heterocycles. The molecule has 0 spiro atoms. The molecule has 3 rings (SSSR count). The van der Waals surface area contributed by atoms with Gasteiger partial charge in [-0.2, -0.15) is 0 Å². The second-order valence-corrected chi connectivity index (χ2v) is 5.32. The quantitative estimate of drug-likeness (QED) is 0.677. The van der Waals surface area contributed by atoms with Crippen LogP contribution in [0.15, 0.2) is 35.7 Å². The summed E-state index contributed by atoms with van der Waals surface area (Å²) < 4.78 is 12.2. The summed E-state index contributed by atoms with van der Waals surface area (Å²) in [7, 11) is 3.15. The number of aldehydes is 1. The first-order valence-electron chi connectivity index (χ1n) is 6.45. The topological polar surface area (TPSA) is 66.2 Å². The van der Waals surface area contributed by atoms with Crippen molar-refractivity contribution in [2.75, 3.05) is 14.2 Å². The number of thiophene rings is 1. The number of methoxy groups -OCH3 is 2. The molecule has 22 heavy (non-hydrogen) atoms. The average molecular weight is 315 g/mol. The van der Waals surface area contributed by atoms with Crippen molar-refractivity contribution in [1.82, 2.24) is 15.0 Å². The highest BCUT2D eigenvalue weighted by atomic mass is 32.1. The number of nitrogens with zero attached hydrogens (tertiary/aromatic N) is 3. The zero-order chi connectivity index (χ0) is 15.5. The molecule has 0 amide bonds. The molecule has 0 radical (unpaired) electrons. The van der Waals surface area contributed by atoms with Crippen LogP contribution < -0.4 is 9.47 Å². The Morgan fingerprint density at radius 1 is 1.18 bits per heavy atom. The zero-order valence-electron chi connectivity index (χ0n) is 12.0. The van der Waals surface area contributed by atoms with Crippen LogP contribution in [0.3, 0.4) is 0 Å². The molecule has 7 heteroatoms. The van der Waals surface area contributed by atoms with E-state index in [9.17, 15) is 4.79 Å². The molecule has 0 aliphatic heterocycles. The lowest BCUT2D eigenvalue weighted by Gasteiger charge is -2.10. The van der Waals surface area contributed by atoms with Crippen LogP contribution in [-0.2, 0) is 0 Å². The van der Waals surface area contributed by atoms with E-state index in [0.29, 0.717) is 29.2 Å². The molecule has 0 saturated carbocycles. The third-order valence-electron chi connectivity index (χ3n) is 3.17. The second kappa shape index (κ2) is 5.98. The molecule has 0 N–H and O–H groups in total. The predicted molar refractivity (Wildman–Crippen MR) is 83.2 cm³/mol. The highest BCUT2D eigenvalue weighted by molar-refractivity contribution is 7.13. The molecule has 3 aromatic rings. The minimum atomic E-state index is 0.303. The Kier molecular flexibility index (Phi) is 3.88. The van der Waals surface area contributed by atoms with Crippen molar-refractivity contribution in [3.63, 3.8) is 0 Å². The molecule has 0 unspecified atom stereocenters. The number of benzene rings is 1. The van der Waals surface area contributed by atoms with Crippen LogP contribution >= 0.6 is 11.3 Å². The van der Waals surface area contributed by atoms with E-state index in [2.05, 4.69) is 10.3 Å². The van der Waals surface area contributed by atoms with E-state index in [1.165, 1.54) is 11.3 Å². The van der Waals surface area contributed by atoms with Gasteiger partial charge in [0.05, 0.1) is 24.8 Å². The van der Waals surface area contributed by atoms with Crippen LogP contribution in [0, 0.1) is 0 Å². The van der Waals surface area contributed by atoms with Crippen LogP contribution in [0.25, 0.3) is 16.3 Å². The van der Waals surface area contributed by atoms with Crippen LogP contribution in [-0.4, -0.2) is 35.5 Å². The Labute approximate surface area is 130 Å². The fraction of sp³-hybridized carbons (Fsp3) is 0.133. The van der Waals surface area contributed by atoms with Crippen molar-refractivity contribution in [3.8, 4) is 27.8 Å². The first-order valence-corrected chi connectivity index (χ1v) is 7.33. The number of aromatic nitrogens is 3. The fourth-order valence-corrected chi connectivity index (χ4v) is 2.92. The monoisotopic (exact) mass is 315 g/mol. The van der Waals surface area contributed by atoms with Crippen LogP contribution in [0.4, 0.5) is 0 Å². The average Bonchev–Trinajstić information content (AvgIpc) is 3.22. The normalized spacial score (nSPS) is 10.5. The lowest BCUT2D eigenvalue weighted by Crippen LogP contribution is -2.00. The molecule has 2 heterocycles. The minimum absolute atomic E-state index is 0.303. The fourth-order valence-electron chi connectivity index (χ4n) is 2.15. The van der Waals surface area contributed by atoms with Gasteiger partial charge in [0, 0.05) is 6.07 Å². The van der Waals surface area contributed by atoms with Gasteiger partial charge >= 0.3 is 0 Å². The van der Waals surface area contributed by atoms with Gasteiger partial charge in [-0.3, -0.25) is 4.79 Å². The lowest BCUT2D eigenvalue weighted by molar-refractivity contribution is 0.111. The van der Waals surface area contributed by atoms with Gasteiger partial charge in [-0.1, -0.05) is 11.3 Å². The highest BCUT2D eigenvalue weighted by Crippen LogP contribution is 2.32. The highest BCUT2D eigenvalue weighted by Gasteiger charge is 2.17. The van der Waals surface area contributed by atoms with E-state index in [1.54, 1.807) is 31.0 Å². The third kappa shape index (κ3) is 2.35. The Morgan fingerprint density at radius 2 is 2.00 bits per heavy atom. The van der Waals surface area contributed by atoms with Crippen LogP contribution in [0.2, 0.25) is 0 Å². The molecule has 1 aromatic carbocycles. The van der Waals surface area contributed by atoms with Crippen molar-refractivity contribution >= 4 is 17.6 Å². The zero-order valence-corrected chi connectivity index (χ0v) is 12.8. The summed E-state index contributed by atoms with van der Waals surface area (Å²) in [5.41, 5.74) is 1.70. The third-order valence-corrected chi connectivity index (χ3v) is 4.05. The summed E-state index contributed by atoms with van der Waals surface area (Å²) in [6.07, 6.45) is 0.708. The van der Waals surface area contributed by atoms with Gasteiger partial charge in [0.15, 0.2) is 23.5 Å². The second-order valence-electron chi connectivity index (χ2n) is 4.37. The number of hydrogen-bond donors (Lipinski definition) is 0. The van der Waals surface area contributed by atoms with Gasteiger partial charge in [0.25, 0.3) is 0 Å². The SMILES string of the molecule is COc1ccc(-n2nnc(C=O)c2-c2cccs2)cc1OC. The van der Waals surface area contributed by atoms with Crippen LogP contribution in [0.1, 0.15) is 10.5 Å². The van der Waals surface area contributed by atoms with Gasteiger partial charge in [-0.15, -0.1) is 16.4 Å². The number of hydrogen-bond acceptors (Lipinski definition) is 6. The van der Waals surface area contributed by atoms with Crippen molar-refractivity contribution < 1.29 is 14.3 Å². The summed E-state index contributed by atoms with van der Waals surface area (Å²) in [6, 6.07) is 9.25. The Bertz CT molecular complexity index is 796. The summed E-state index contributed by atoms with van der Waals surface area (Å²) in [5, 5.41) is 9.97.